The molecule has 0 aliphatic carbocycles. The molecule has 2 saturated heterocycles. The Balaban J connectivity index is 1.35. The molecule has 2 aliphatic rings. The van der Waals surface area contributed by atoms with Gasteiger partial charge in [0.05, 0.1) is 0 Å². The predicted octanol–water partition coefficient (Wildman–Crippen LogP) is 1.61. The fraction of sp³-hybridized carbons (Fsp3) is 0.476. The number of nitrogens with one attached hydrogen (secondary N) is 3. The molecule has 0 saturated carbocycles. The van der Waals surface area contributed by atoms with E-state index < -0.39 is 0 Å². The van der Waals surface area contributed by atoms with Crippen molar-refractivity contribution in [1.82, 2.24) is 19.8 Å². The van der Waals surface area contributed by atoms with Crippen molar-refractivity contribution in [2.75, 3.05) is 55.2 Å². The van der Waals surface area contributed by atoms with E-state index in [-0.39, 0.29) is 6.03 Å². The van der Waals surface area contributed by atoms with Crippen LogP contribution >= 0.6 is 0 Å². The first-order chi connectivity index (χ1) is 14.7. The van der Waals surface area contributed by atoms with Crippen molar-refractivity contribution < 1.29 is 4.79 Å². The first-order valence-electron chi connectivity index (χ1n) is 10.9. The lowest BCUT2D eigenvalue weighted by Crippen LogP contribution is -2.32. The SMILES string of the molecule is Bc1cnc(Nc2cccc(NC(=O)N3CCCC3)c2)nc1NCCN1CCCC1. The highest BCUT2D eigenvalue weighted by atomic mass is 16.2. The van der Waals surface area contributed by atoms with Crippen molar-refractivity contribution in [2.45, 2.75) is 25.7 Å². The summed E-state index contributed by atoms with van der Waals surface area (Å²) in [6.45, 7) is 5.95. The number of likely N-dealkylation sites (tertiary alicyclic amines) is 2. The van der Waals surface area contributed by atoms with E-state index in [4.69, 9.17) is 0 Å². The molecule has 2 aromatic rings. The molecule has 0 spiro atoms. The van der Waals surface area contributed by atoms with E-state index in [9.17, 15) is 4.79 Å². The summed E-state index contributed by atoms with van der Waals surface area (Å²) in [5, 5.41) is 9.66. The average Bonchev–Trinajstić information content (AvgIpc) is 3.45. The van der Waals surface area contributed by atoms with Crippen LogP contribution in [0.2, 0.25) is 0 Å². The molecule has 8 nitrogen and oxygen atoms in total. The molecule has 3 heterocycles. The molecule has 0 atom stereocenters. The minimum atomic E-state index is -0.0410. The van der Waals surface area contributed by atoms with Crippen LogP contribution in [0, 0.1) is 0 Å². The molecule has 1 aromatic heterocycles. The van der Waals surface area contributed by atoms with Gasteiger partial charge >= 0.3 is 6.03 Å². The van der Waals surface area contributed by atoms with Crippen LogP contribution < -0.4 is 21.4 Å². The van der Waals surface area contributed by atoms with E-state index in [0.717, 1.165) is 61.7 Å². The van der Waals surface area contributed by atoms with Gasteiger partial charge in [0, 0.05) is 43.8 Å². The van der Waals surface area contributed by atoms with Crippen molar-refractivity contribution in [3.63, 3.8) is 0 Å². The summed E-state index contributed by atoms with van der Waals surface area (Å²) in [7, 11) is 2.01. The fourth-order valence-electron chi connectivity index (χ4n) is 3.95. The molecule has 2 aliphatic heterocycles. The number of anilines is 4. The number of hydrogen-bond donors (Lipinski definition) is 3. The lowest BCUT2D eigenvalue weighted by atomic mass is 9.99. The summed E-state index contributed by atoms with van der Waals surface area (Å²) in [5.41, 5.74) is 2.61. The number of urea groups is 1. The Morgan fingerprint density at radius 1 is 1.07 bits per heavy atom. The van der Waals surface area contributed by atoms with Gasteiger partial charge in [-0.15, -0.1) is 0 Å². The van der Waals surface area contributed by atoms with Gasteiger partial charge in [0.25, 0.3) is 0 Å². The van der Waals surface area contributed by atoms with E-state index in [1.807, 2.05) is 43.2 Å². The number of nitrogens with zero attached hydrogens (tertiary/aromatic N) is 4. The van der Waals surface area contributed by atoms with E-state index in [2.05, 4.69) is 30.8 Å². The summed E-state index contributed by atoms with van der Waals surface area (Å²) in [5.74, 6) is 1.39. The standard InChI is InChI=1S/C21H30BN7O/c22-18-15-24-20(27-19(18)23-8-13-28-9-1-2-10-28)25-16-6-5-7-17(14-16)26-21(30)29-11-3-4-12-29/h5-7,14-15H,1-4,8-13,22H2,(H,26,30)(H2,23,24,25,27). The average molecular weight is 407 g/mol. The summed E-state index contributed by atoms with van der Waals surface area (Å²) in [6, 6.07) is 7.60. The number of hydrogen-bond acceptors (Lipinski definition) is 6. The van der Waals surface area contributed by atoms with Gasteiger partial charge in [-0.3, -0.25) is 0 Å². The van der Waals surface area contributed by atoms with Gasteiger partial charge < -0.3 is 25.8 Å². The highest BCUT2D eigenvalue weighted by molar-refractivity contribution is 6.35. The van der Waals surface area contributed by atoms with Crippen molar-refractivity contribution in [1.29, 1.82) is 0 Å². The van der Waals surface area contributed by atoms with E-state index in [1.165, 1.54) is 25.9 Å². The second-order valence-electron chi connectivity index (χ2n) is 8.03. The molecule has 30 heavy (non-hydrogen) atoms. The Bertz CT molecular complexity index is 866. The first-order valence-corrected chi connectivity index (χ1v) is 10.9. The van der Waals surface area contributed by atoms with E-state index >= 15 is 0 Å². The second-order valence-corrected chi connectivity index (χ2v) is 8.03. The molecule has 2 fully saturated rings. The lowest BCUT2D eigenvalue weighted by molar-refractivity contribution is 0.222. The Morgan fingerprint density at radius 2 is 1.80 bits per heavy atom. The third kappa shape index (κ3) is 5.41. The largest absolute Gasteiger partial charge is 0.369 e. The number of rotatable bonds is 7. The zero-order chi connectivity index (χ0) is 20.8. The molecule has 2 amide bonds. The van der Waals surface area contributed by atoms with Crippen LogP contribution in [0.4, 0.5) is 27.9 Å². The maximum Gasteiger partial charge on any atom is 0.321 e. The highest BCUT2D eigenvalue weighted by Crippen LogP contribution is 2.19. The van der Waals surface area contributed by atoms with Crippen LogP contribution in [0.3, 0.4) is 0 Å². The van der Waals surface area contributed by atoms with Gasteiger partial charge in [0.2, 0.25) is 5.95 Å². The third-order valence-corrected chi connectivity index (χ3v) is 5.65. The van der Waals surface area contributed by atoms with Gasteiger partial charge in [-0.05, 0) is 62.4 Å². The van der Waals surface area contributed by atoms with Gasteiger partial charge in [-0.1, -0.05) is 6.07 Å². The smallest absolute Gasteiger partial charge is 0.321 e. The lowest BCUT2D eigenvalue weighted by Gasteiger charge is -2.17. The van der Waals surface area contributed by atoms with Crippen LogP contribution in [-0.4, -0.2) is 72.9 Å². The summed E-state index contributed by atoms with van der Waals surface area (Å²) in [4.78, 5) is 25.7. The molecule has 158 valence electrons. The van der Waals surface area contributed by atoms with Crippen molar-refractivity contribution in [3.05, 3.63) is 30.5 Å². The maximum absolute atomic E-state index is 12.3. The van der Waals surface area contributed by atoms with Crippen LogP contribution in [-0.2, 0) is 0 Å². The second kappa shape index (κ2) is 9.80. The molecule has 3 N–H and O–H groups in total. The normalized spacial score (nSPS) is 16.6. The zero-order valence-electron chi connectivity index (χ0n) is 17.7. The van der Waals surface area contributed by atoms with Gasteiger partial charge in [-0.25, -0.2) is 9.78 Å². The van der Waals surface area contributed by atoms with Crippen LogP contribution in [0.15, 0.2) is 30.5 Å². The summed E-state index contributed by atoms with van der Waals surface area (Å²) >= 11 is 0. The molecule has 4 rings (SSSR count). The summed E-state index contributed by atoms with van der Waals surface area (Å²) in [6.07, 6.45) is 6.59. The Hall–Kier alpha value is -2.81. The Kier molecular flexibility index (Phi) is 6.68. The highest BCUT2D eigenvalue weighted by Gasteiger charge is 2.17. The molecule has 0 radical (unpaired) electrons. The number of amides is 2. The van der Waals surface area contributed by atoms with Gasteiger partial charge in [0.15, 0.2) is 0 Å². The third-order valence-electron chi connectivity index (χ3n) is 5.65. The fourth-order valence-corrected chi connectivity index (χ4v) is 3.95. The molecule has 1 aromatic carbocycles. The minimum Gasteiger partial charge on any atom is -0.369 e. The first kappa shape index (κ1) is 20.5. The molecule has 9 heteroatoms. The van der Waals surface area contributed by atoms with E-state index in [0.29, 0.717) is 5.95 Å². The predicted molar refractivity (Wildman–Crippen MR) is 124 cm³/mol. The molecule has 0 bridgehead atoms. The van der Waals surface area contributed by atoms with Crippen molar-refractivity contribution >= 4 is 42.5 Å². The zero-order valence-corrected chi connectivity index (χ0v) is 17.7. The van der Waals surface area contributed by atoms with Crippen LogP contribution in [0.1, 0.15) is 25.7 Å². The molecule has 0 unspecified atom stereocenters. The number of carbonyl (C=O) groups is 1. The topological polar surface area (TPSA) is 85.4 Å². The van der Waals surface area contributed by atoms with Crippen molar-refractivity contribution in [3.8, 4) is 0 Å². The van der Waals surface area contributed by atoms with Crippen LogP contribution in [0.25, 0.3) is 0 Å². The van der Waals surface area contributed by atoms with Crippen LogP contribution in [0.5, 0.6) is 0 Å². The Labute approximate surface area is 178 Å². The molecular formula is C21H30BN7O. The number of carbonyl (C=O) groups excluding carboxylic acids is 1. The van der Waals surface area contributed by atoms with E-state index in [1.54, 1.807) is 0 Å². The quantitative estimate of drug-likeness (QED) is 0.605. The minimum absolute atomic E-state index is 0.0410. The number of aromatic nitrogens is 2. The number of benzene rings is 1. The Morgan fingerprint density at radius 3 is 2.60 bits per heavy atom. The monoisotopic (exact) mass is 407 g/mol. The van der Waals surface area contributed by atoms with Crippen molar-refractivity contribution in [2.24, 2.45) is 0 Å². The maximum atomic E-state index is 12.3. The molecular weight excluding hydrogens is 377 g/mol. The summed E-state index contributed by atoms with van der Waals surface area (Å²) < 4.78 is 0. The van der Waals surface area contributed by atoms with Gasteiger partial charge in [-0.2, -0.15) is 4.98 Å². The van der Waals surface area contributed by atoms with Gasteiger partial charge in [0.1, 0.15) is 13.7 Å².